The van der Waals surface area contributed by atoms with Gasteiger partial charge in [0.05, 0.1) is 11.4 Å². The van der Waals surface area contributed by atoms with Crippen LogP contribution in [-0.2, 0) is 11.3 Å². The fraction of sp³-hybridized carbons (Fsp3) is 0.389. The summed E-state index contributed by atoms with van der Waals surface area (Å²) < 4.78 is 6.81. The number of methoxy groups -OCH3 is 1. The molecule has 0 amide bonds. The van der Waals surface area contributed by atoms with Gasteiger partial charge in [-0.2, -0.15) is 0 Å². The van der Waals surface area contributed by atoms with Crippen LogP contribution in [-0.4, -0.2) is 18.3 Å². The predicted octanol–water partition coefficient (Wildman–Crippen LogP) is 3.26. The van der Waals surface area contributed by atoms with Gasteiger partial charge in [-0.1, -0.05) is 38.1 Å². The summed E-state index contributed by atoms with van der Waals surface area (Å²) in [5, 5.41) is 0. The van der Waals surface area contributed by atoms with Gasteiger partial charge in [0, 0.05) is 20.3 Å². The van der Waals surface area contributed by atoms with Crippen molar-refractivity contribution in [2.75, 3.05) is 19.5 Å². The van der Waals surface area contributed by atoms with Crippen LogP contribution >= 0.6 is 0 Å². The molecule has 0 atom stereocenters. The molecule has 0 radical (unpaired) electrons. The molecule has 0 aliphatic rings. The fourth-order valence-corrected chi connectivity index (χ4v) is 2.48. The zero-order valence-corrected chi connectivity index (χ0v) is 13.5. The minimum atomic E-state index is -0.137. The molecular weight excluding hydrogens is 276 g/mol. The number of rotatable bonds is 6. The van der Waals surface area contributed by atoms with Crippen LogP contribution in [0.4, 0.5) is 5.69 Å². The Labute approximate surface area is 131 Å². The minimum absolute atomic E-state index is 0.137. The second-order valence-corrected chi connectivity index (χ2v) is 5.75. The van der Waals surface area contributed by atoms with Crippen LogP contribution in [0.15, 0.2) is 41.2 Å². The third-order valence-corrected chi connectivity index (χ3v) is 3.81. The van der Waals surface area contributed by atoms with Crippen LogP contribution in [0.3, 0.4) is 0 Å². The summed E-state index contributed by atoms with van der Waals surface area (Å²) >= 11 is 0. The van der Waals surface area contributed by atoms with Crippen molar-refractivity contribution in [1.82, 2.24) is 4.57 Å². The lowest BCUT2D eigenvalue weighted by Crippen LogP contribution is -2.24. The Kier molecular flexibility index (Phi) is 5.39. The Bertz CT molecular complexity index is 672. The maximum absolute atomic E-state index is 12.3. The highest BCUT2D eigenvalue weighted by Crippen LogP contribution is 2.22. The van der Waals surface area contributed by atoms with E-state index in [4.69, 9.17) is 10.5 Å². The highest BCUT2D eigenvalue weighted by molar-refractivity contribution is 5.62. The number of nitrogens with zero attached hydrogens (tertiary/aromatic N) is 1. The zero-order chi connectivity index (χ0) is 16.1. The molecule has 118 valence electrons. The van der Waals surface area contributed by atoms with E-state index in [1.807, 2.05) is 6.07 Å². The number of hydrogen-bond acceptors (Lipinski definition) is 3. The van der Waals surface area contributed by atoms with Gasteiger partial charge in [0.2, 0.25) is 0 Å². The summed E-state index contributed by atoms with van der Waals surface area (Å²) in [7, 11) is 1.66. The summed E-state index contributed by atoms with van der Waals surface area (Å²) in [6.07, 6.45) is 0.775. The van der Waals surface area contributed by atoms with E-state index in [2.05, 4.69) is 38.1 Å². The molecule has 1 heterocycles. The van der Waals surface area contributed by atoms with Crippen molar-refractivity contribution in [3.8, 4) is 11.3 Å². The van der Waals surface area contributed by atoms with Gasteiger partial charge in [0.25, 0.3) is 5.56 Å². The summed E-state index contributed by atoms with van der Waals surface area (Å²) in [6.45, 7) is 5.55. The van der Waals surface area contributed by atoms with E-state index in [9.17, 15) is 4.79 Å². The lowest BCUT2D eigenvalue weighted by atomic mass is 10.0. The summed E-state index contributed by atoms with van der Waals surface area (Å²) in [5.74, 6) is 0.490. The van der Waals surface area contributed by atoms with Gasteiger partial charge in [0.1, 0.15) is 0 Å². The van der Waals surface area contributed by atoms with Crippen molar-refractivity contribution in [2.45, 2.75) is 32.7 Å². The van der Waals surface area contributed by atoms with Crippen molar-refractivity contribution < 1.29 is 4.74 Å². The number of ether oxygens (including phenoxy) is 1. The van der Waals surface area contributed by atoms with Gasteiger partial charge >= 0.3 is 0 Å². The van der Waals surface area contributed by atoms with Gasteiger partial charge in [-0.25, -0.2) is 0 Å². The minimum Gasteiger partial charge on any atom is -0.394 e. The molecule has 4 nitrogen and oxygen atoms in total. The molecular formula is C18H24N2O2. The van der Waals surface area contributed by atoms with E-state index in [1.54, 1.807) is 17.7 Å². The highest BCUT2D eigenvalue weighted by Gasteiger charge is 2.09. The number of hydrogen-bond donors (Lipinski definition) is 1. The molecule has 0 aliphatic carbocycles. The SMILES string of the molecule is COCCCn1c(-c2ccc(C(C)C)cc2)ccc(N)c1=O. The summed E-state index contributed by atoms with van der Waals surface area (Å²) in [6, 6.07) is 11.9. The zero-order valence-electron chi connectivity index (χ0n) is 13.5. The van der Waals surface area contributed by atoms with Crippen LogP contribution in [0.1, 0.15) is 31.7 Å². The first kappa shape index (κ1) is 16.3. The number of nitrogen functional groups attached to an aromatic ring is 1. The summed E-state index contributed by atoms with van der Waals surface area (Å²) in [5.41, 5.74) is 9.12. The topological polar surface area (TPSA) is 57.2 Å². The van der Waals surface area contributed by atoms with E-state index in [0.717, 1.165) is 17.7 Å². The molecule has 2 rings (SSSR count). The maximum Gasteiger partial charge on any atom is 0.274 e. The van der Waals surface area contributed by atoms with Crippen molar-refractivity contribution in [3.63, 3.8) is 0 Å². The number of aromatic nitrogens is 1. The second-order valence-electron chi connectivity index (χ2n) is 5.75. The average Bonchev–Trinajstić information content (AvgIpc) is 2.52. The van der Waals surface area contributed by atoms with E-state index in [0.29, 0.717) is 19.1 Å². The molecule has 0 fully saturated rings. The Balaban J connectivity index is 2.41. The van der Waals surface area contributed by atoms with Crippen LogP contribution in [0.5, 0.6) is 0 Å². The molecule has 4 heteroatoms. The first-order valence-corrected chi connectivity index (χ1v) is 7.63. The van der Waals surface area contributed by atoms with Crippen LogP contribution in [0.25, 0.3) is 11.3 Å². The van der Waals surface area contributed by atoms with Crippen molar-refractivity contribution >= 4 is 5.69 Å². The predicted molar refractivity (Wildman–Crippen MR) is 91.1 cm³/mol. The third kappa shape index (κ3) is 3.57. The van der Waals surface area contributed by atoms with Crippen LogP contribution in [0.2, 0.25) is 0 Å². The molecule has 0 saturated heterocycles. The smallest absolute Gasteiger partial charge is 0.274 e. The molecule has 2 N–H and O–H groups in total. The Morgan fingerprint density at radius 2 is 1.82 bits per heavy atom. The lowest BCUT2D eigenvalue weighted by molar-refractivity contribution is 0.190. The Hall–Kier alpha value is -2.07. The highest BCUT2D eigenvalue weighted by atomic mass is 16.5. The maximum atomic E-state index is 12.3. The first-order chi connectivity index (χ1) is 10.5. The first-order valence-electron chi connectivity index (χ1n) is 7.63. The monoisotopic (exact) mass is 300 g/mol. The number of anilines is 1. The lowest BCUT2D eigenvalue weighted by Gasteiger charge is -2.14. The number of pyridine rings is 1. The van der Waals surface area contributed by atoms with Gasteiger partial charge in [0.15, 0.2) is 0 Å². The van der Waals surface area contributed by atoms with E-state index < -0.39 is 0 Å². The Morgan fingerprint density at radius 3 is 2.41 bits per heavy atom. The number of benzene rings is 1. The molecule has 22 heavy (non-hydrogen) atoms. The van der Waals surface area contributed by atoms with E-state index in [1.165, 1.54) is 5.56 Å². The van der Waals surface area contributed by atoms with Crippen LogP contribution < -0.4 is 11.3 Å². The standard InChI is InChI=1S/C18H24N2O2/c1-13(2)14-5-7-15(8-6-14)17-10-9-16(19)18(21)20(17)11-4-12-22-3/h5-10,13H,4,11-12,19H2,1-3H3. The van der Waals surface area contributed by atoms with Crippen LogP contribution in [0, 0.1) is 0 Å². The summed E-state index contributed by atoms with van der Waals surface area (Å²) in [4.78, 5) is 12.3. The van der Waals surface area contributed by atoms with Gasteiger partial charge < -0.3 is 15.0 Å². The quantitative estimate of drug-likeness (QED) is 0.833. The Morgan fingerprint density at radius 1 is 1.14 bits per heavy atom. The molecule has 0 bridgehead atoms. The molecule has 1 aromatic heterocycles. The average molecular weight is 300 g/mol. The normalized spacial score (nSPS) is 11.1. The molecule has 0 saturated carbocycles. The number of nitrogens with two attached hydrogens (primary N) is 1. The van der Waals surface area contributed by atoms with Gasteiger partial charge in [-0.15, -0.1) is 0 Å². The molecule has 0 aliphatic heterocycles. The van der Waals surface area contributed by atoms with Gasteiger partial charge in [-0.05, 0) is 35.6 Å². The third-order valence-electron chi connectivity index (χ3n) is 3.81. The molecule has 0 spiro atoms. The molecule has 1 aromatic carbocycles. The largest absolute Gasteiger partial charge is 0.394 e. The fourth-order valence-electron chi connectivity index (χ4n) is 2.48. The van der Waals surface area contributed by atoms with Crippen molar-refractivity contribution in [1.29, 1.82) is 0 Å². The molecule has 0 unspecified atom stereocenters. The van der Waals surface area contributed by atoms with E-state index in [-0.39, 0.29) is 11.2 Å². The van der Waals surface area contributed by atoms with Crippen molar-refractivity contribution in [3.05, 3.63) is 52.3 Å². The second kappa shape index (κ2) is 7.27. The molecule has 2 aromatic rings. The van der Waals surface area contributed by atoms with Crippen molar-refractivity contribution in [2.24, 2.45) is 0 Å². The van der Waals surface area contributed by atoms with E-state index >= 15 is 0 Å². The van der Waals surface area contributed by atoms with Gasteiger partial charge in [-0.3, -0.25) is 4.79 Å².